The molecule has 19 heavy (non-hydrogen) atoms. The summed E-state index contributed by atoms with van der Waals surface area (Å²) in [5.41, 5.74) is 3.38. The molecule has 0 amide bonds. The van der Waals surface area contributed by atoms with Gasteiger partial charge in [-0.05, 0) is 30.7 Å². The lowest BCUT2D eigenvalue weighted by molar-refractivity contribution is 0.828. The second-order valence-electron chi connectivity index (χ2n) is 4.51. The lowest BCUT2D eigenvalue weighted by Crippen LogP contribution is -2.07. The summed E-state index contributed by atoms with van der Waals surface area (Å²) in [4.78, 5) is 12.9. The maximum absolute atomic E-state index is 4.63. The van der Waals surface area contributed by atoms with Crippen molar-refractivity contribution < 1.29 is 0 Å². The summed E-state index contributed by atoms with van der Waals surface area (Å²) < 4.78 is 2.09. The number of anilines is 1. The van der Waals surface area contributed by atoms with E-state index in [0.29, 0.717) is 12.5 Å². The molecular weight excluding hydrogens is 238 g/mol. The van der Waals surface area contributed by atoms with E-state index < -0.39 is 0 Å². The Hall–Kier alpha value is -2.43. The quantitative estimate of drug-likeness (QED) is 0.778. The Morgan fingerprint density at radius 1 is 1.21 bits per heavy atom. The monoisotopic (exact) mass is 253 g/mol. The Labute approximate surface area is 111 Å². The molecule has 2 heterocycles. The van der Waals surface area contributed by atoms with Crippen LogP contribution in [0.25, 0.3) is 11.0 Å². The van der Waals surface area contributed by atoms with E-state index in [1.54, 1.807) is 18.5 Å². The molecule has 0 aliphatic heterocycles. The van der Waals surface area contributed by atoms with Crippen LogP contribution in [0.5, 0.6) is 0 Å². The van der Waals surface area contributed by atoms with Crippen LogP contribution in [0.3, 0.4) is 0 Å². The van der Waals surface area contributed by atoms with Gasteiger partial charge in [-0.3, -0.25) is 0 Å². The third-order valence-corrected chi connectivity index (χ3v) is 3.10. The van der Waals surface area contributed by atoms with E-state index in [1.165, 1.54) is 5.56 Å². The van der Waals surface area contributed by atoms with Crippen LogP contribution in [0.1, 0.15) is 11.4 Å². The summed E-state index contributed by atoms with van der Waals surface area (Å²) in [6, 6.07) is 8.09. The molecule has 0 aliphatic carbocycles. The molecule has 3 aromatic rings. The van der Waals surface area contributed by atoms with E-state index in [9.17, 15) is 0 Å². The van der Waals surface area contributed by atoms with Crippen molar-refractivity contribution in [2.24, 2.45) is 7.05 Å². The predicted molar refractivity (Wildman–Crippen MR) is 74.8 cm³/mol. The standard InChI is InChI=1S/C14H15N5/c1-10-4-5-12-11(8-10)18-13(19(12)2)9-17-14-15-6-3-7-16-14/h3-8H,9H2,1-2H3,(H,15,16,17). The second-order valence-corrected chi connectivity index (χ2v) is 4.51. The molecular formula is C14H15N5. The first-order chi connectivity index (χ1) is 9.24. The molecule has 1 N–H and O–H groups in total. The van der Waals surface area contributed by atoms with E-state index in [0.717, 1.165) is 16.9 Å². The highest BCUT2D eigenvalue weighted by atomic mass is 15.1. The fourth-order valence-corrected chi connectivity index (χ4v) is 2.07. The van der Waals surface area contributed by atoms with Gasteiger partial charge in [-0.2, -0.15) is 0 Å². The first-order valence-corrected chi connectivity index (χ1v) is 6.17. The molecule has 0 unspecified atom stereocenters. The number of rotatable bonds is 3. The van der Waals surface area contributed by atoms with Crippen LogP contribution in [0.15, 0.2) is 36.7 Å². The number of aryl methyl sites for hydroxylation is 2. The van der Waals surface area contributed by atoms with Gasteiger partial charge in [0.05, 0.1) is 17.6 Å². The normalized spacial score (nSPS) is 10.8. The van der Waals surface area contributed by atoms with Gasteiger partial charge in [-0.25, -0.2) is 15.0 Å². The minimum Gasteiger partial charge on any atom is -0.347 e. The van der Waals surface area contributed by atoms with Crippen LogP contribution in [-0.4, -0.2) is 19.5 Å². The Kier molecular flexibility index (Phi) is 2.87. The molecule has 5 nitrogen and oxygen atoms in total. The second kappa shape index (κ2) is 4.68. The van der Waals surface area contributed by atoms with Crippen molar-refractivity contribution in [3.63, 3.8) is 0 Å². The lowest BCUT2D eigenvalue weighted by Gasteiger charge is -2.04. The van der Waals surface area contributed by atoms with Crippen molar-refractivity contribution in [2.75, 3.05) is 5.32 Å². The summed E-state index contributed by atoms with van der Waals surface area (Å²) in [6.45, 7) is 2.68. The average molecular weight is 253 g/mol. The van der Waals surface area contributed by atoms with Crippen molar-refractivity contribution >= 4 is 17.0 Å². The molecule has 0 aliphatic rings. The molecule has 0 bridgehead atoms. The van der Waals surface area contributed by atoms with Crippen LogP contribution in [0.4, 0.5) is 5.95 Å². The number of hydrogen-bond donors (Lipinski definition) is 1. The minimum absolute atomic E-state index is 0.605. The number of nitrogens with zero attached hydrogens (tertiary/aromatic N) is 4. The largest absolute Gasteiger partial charge is 0.347 e. The average Bonchev–Trinajstić information content (AvgIpc) is 2.74. The maximum Gasteiger partial charge on any atom is 0.222 e. The summed E-state index contributed by atoms with van der Waals surface area (Å²) in [5.74, 6) is 1.58. The van der Waals surface area contributed by atoms with Crippen LogP contribution in [0, 0.1) is 6.92 Å². The molecule has 0 saturated heterocycles. The van der Waals surface area contributed by atoms with Crippen molar-refractivity contribution in [1.82, 2.24) is 19.5 Å². The van der Waals surface area contributed by atoms with Gasteiger partial charge in [-0.1, -0.05) is 6.07 Å². The topological polar surface area (TPSA) is 55.6 Å². The fraction of sp³-hybridized carbons (Fsp3) is 0.214. The smallest absolute Gasteiger partial charge is 0.222 e. The van der Waals surface area contributed by atoms with Crippen LogP contribution >= 0.6 is 0 Å². The Balaban J connectivity index is 1.87. The van der Waals surface area contributed by atoms with Gasteiger partial charge in [0.1, 0.15) is 5.82 Å². The van der Waals surface area contributed by atoms with E-state index in [4.69, 9.17) is 0 Å². The van der Waals surface area contributed by atoms with Gasteiger partial charge in [0.25, 0.3) is 0 Å². The van der Waals surface area contributed by atoms with E-state index >= 15 is 0 Å². The van der Waals surface area contributed by atoms with Crippen molar-refractivity contribution in [2.45, 2.75) is 13.5 Å². The van der Waals surface area contributed by atoms with Gasteiger partial charge >= 0.3 is 0 Å². The Morgan fingerprint density at radius 2 is 2.00 bits per heavy atom. The number of fused-ring (bicyclic) bond motifs is 1. The fourth-order valence-electron chi connectivity index (χ4n) is 2.07. The molecule has 0 saturated carbocycles. The first kappa shape index (κ1) is 11.6. The molecule has 5 heteroatoms. The molecule has 2 aromatic heterocycles. The zero-order chi connectivity index (χ0) is 13.2. The molecule has 0 fully saturated rings. The summed E-state index contributed by atoms with van der Waals surface area (Å²) >= 11 is 0. The van der Waals surface area contributed by atoms with E-state index in [2.05, 4.69) is 50.0 Å². The highest BCUT2D eigenvalue weighted by molar-refractivity contribution is 5.76. The lowest BCUT2D eigenvalue weighted by atomic mass is 10.2. The van der Waals surface area contributed by atoms with E-state index in [1.807, 2.05) is 7.05 Å². The van der Waals surface area contributed by atoms with Crippen LogP contribution in [0.2, 0.25) is 0 Å². The third-order valence-electron chi connectivity index (χ3n) is 3.10. The molecule has 3 rings (SSSR count). The molecule has 1 aromatic carbocycles. The zero-order valence-electron chi connectivity index (χ0n) is 11.0. The first-order valence-electron chi connectivity index (χ1n) is 6.17. The summed E-state index contributed by atoms with van der Waals surface area (Å²) in [6.07, 6.45) is 3.43. The molecule has 0 radical (unpaired) electrons. The summed E-state index contributed by atoms with van der Waals surface area (Å²) in [5, 5.41) is 3.17. The van der Waals surface area contributed by atoms with Crippen molar-refractivity contribution in [3.05, 3.63) is 48.0 Å². The van der Waals surface area contributed by atoms with Gasteiger partial charge in [0.15, 0.2) is 0 Å². The van der Waals surface area contributed by atoms with Gasteiger partial charge < -0.3 is 9.88 Å². The Morgan fingerprint density at radius 3 is 2.79 bits per heavy atom. The highest BCUT2D eigenvalue weighted by Gasteiger charge is 2.07. The predicted octanol–water partition coefficient (Wildman–Crippen LogP) is 2.28. The minimum atomic E-state index is 0.605. The Bertz CT molecular complexity index is 702. The van der Waals surface area contributed by atoms with Crippen LogP contribution in [-0.2, 0) is 13.6 Å². The molecule has 0 atom stereocenters. The third kappa shape index (κ3) is 2.27. The van der Waals surface area contributed by atoms with Crippen molar-refractivity contribution in [1.29, 1.82) is 0 Å². The van der Waals surface area contributed by atoms with Gasteiger partial charge in [-0.15, -0.1) is 0 Å². The van der Waals surface area contributed by atoms with Crippen LogP contribution < -0.4 is 5.32 Å². The zero-order valence-corrected chi connectivity index (χ0v) is 11.0. The SMILES string of the molecule is Cc1ccc2c(c1)nc(CNc1ncccn1)n2C. The van der Waals surface area contributed by atoms with Gasteiger partial charge in [0.2, 0.25) is 5.95 Å². The van der Waals surface area contributed by atoms with Crippen molar-refractivity contribution in [3.8, 4) is 0 Å². The summed E-state index contributed by atoms with van der Waals surface area (Å²) in [7, 11) is 2.02. The molecule has 96 valence electrons. The number of hydrogen-bond acceptors (Lipinski definition) is 4. The number of nitrogens with one attached hydrogen (secondary N) is 1. The highest BCUT2D eigenvalue weighted by Crippen LogP contribution is 2.16. The number of benzene rings is 1. The number of aromatic nitrogens is 4. The number of imidazole rings is 1. The maximum atomic E-state index is 4.63. The molecule has 0 spiro atoms. The van der Waals surface area contributed by atoms with Gasteiger partial charge in [0, 0.05) is 19.4 Å². The van der Waals surface area contributed by atoms with E-state index in [-0.39, 0.29) is 0 Å².